The number of halogens is 2. The second-order valence-electron chi connectivity index (χ2n) is 5.23. The molecule has 2 aromatic carbocycles. The molecule has 9 heteroatoms. The summed E-state index contributed by atoms with van der Waals surface area (Å²) in [4.78, 5) is 19.7. The standard InChI is InChI=1S/C16H9Br2N5O2/c17-9-3-1-4-10(18)14(9)21-16-13-7-19-8-22(13)15-11(20-16)5-2-6-12(15)23(24)25/h1-8H,(H,20,21). The van der Waals surface area contributed by atoms with E-state index in [-0.39, 0.29) is 5.69 Å². The van der Waals surface area contributed by atoms with Gasteiger partial charge in [-0.1, -0.05) is 12.1 Å². The molecule has 2 heterocycles. The molecule has 0 saturated carbocycles. The van der Waals surface area contributed by atoms with Gasteiger partial charge in [0.15, 0.2) is 11.3 Å². The number of fused-ring (bicyclic) bond motifs is 3. The Morgan fingerprint density at radius 3 is 2.56 bits per heavy atom. The van der Waals surface area contributed by atoms with Gasteiger partial charge in [0.2, 0.25) is 0 Å². The van der Waals surface area contributed by atoms with Gasteiger partial charge in [-0.15, -0.1) is 0 Å². The Bertz CT molecular complexity index is 1120. The van der Waals surface area contributed by atoms with Crippen molar-refractivity contribution in [2.24, 2.45) is 0 Å². The second kappa shape index (κ2) is 6.08. The summed E-state index contributed by atoms with van der Waals surface area (Å²) >= 11 is 7.02. The number of nitro groups is 1. The van der Waals surface area contributed by atoms with Crippen molar-refractivity contribution in [3.63, 3.8) is 0 Å². The Morgan fingerprint density at radius 2 is 1.84 bits per heavy atom. The first-order valence-electron chi connectivity index (χ1n) is 7.16. The predicted molar refractivity (Wildman–Crippen MR) is 102 cm³/mol. The fourth-order valence-corrected chi connectivity index (χ4v) is 3.85. The zero-order valence-electron chi connectivity index (χ0n) is 12.5. The minimum atomic E-state index is -0.416. The molecule has 1 N–H and O–H groups in total. The van der Waals surface area contributed by atoms with Gasteiger partial charge in [0.1, 0.15) is 11.8 Å². The van der Waals surface area contributed by atoms with Crippen LogP contribution in [-0.4, -0.2) is 19.3 Å². The van der Waals surface area contributed by atoms with Crippen molar-refractivity contribution >= 4 is 65.6 Å². The lowest BCUT2D eigenvalue weighted by molar-refractivity contribution is -0.383. The number of nitrogens with one attached hydrogen (secondary N) is 1. The van der Waals surface area contributed by atoms with Crippen molar-refractivity contribution in [2.75, 3.05) is 5.32 Å². The van der Waals surface area contributed by atoms with Crippen molar-refractivity contribution in [3.05, 3.63) is 68.0 Å². The molecule has 0 aliphatic carbocycles. The van der Waals surface area contributed by atoms with Gasteiger partial charge in [0, 0.05) is 15.0 Å². The van der Waals surface area contributed by atoms with Gasteiger partial charge in [-0.25, -0.2) is 9.97 Å². The second-order valence-corrected chi connectivity index (χ2v) is 6.94. The Hall–Kier alpha value is -2.52. The van der Waals surface area contributed by atoms with Crippen LogP contribution in [0.1, 0.15) is 0 Å². The van der Waals surface area contributed by atoms with Gasteiger partial charge in [-0.05, 0) is 50.1 Å². The number of hydrogen-bond donors (Lipinski definition) is 1. The summed E-state index contributed by atoms with van der Waals surface area (Å²) in [7, 11) is 0. The molecule has 0 unspecified atom stereocenters. The highest BCUT2D eigenvalue weighted by molar-refractivity contribution is 9.11. The highest BCUT2D eigenvalue weighted by Gasteiger charge is 2.18. The highest BCUT2D eigenvalue weighted by atomic mass is 79.9. The number of anilines is 2. The van der Waals surface area contributed by atoms with Crippen LogP contribution in [0.3, 0.4) is 0 Å². The molecule has 7 nitrogen and oxygen atoms in total. The number of aromatic nitrogens is 3. The maximum absolute atomic E-state index is 11.4. The number of imidazole rings is 1. The first kappa shape index (κ1) is 16.0. The summed E-state index contributed by atoms with van der Waals surface area (Å²) < 4.78 is 3.40. The smallest absolute Gasteiger partial charge is 0.295 e. The van der Waals surface area contributed by atoms with E-state index in [0.717, 1.165) is 14.6 Å². The zero-order valence-corrected chi connectivity index (χ0v) is 15.7. The van der Waals surface area contributed by atoms with E-state index in [9.17, 15) is 10.1 Å². The molecule has 25 heavy (non-hydrogen) atoms. The van der Waals surface area contributed by atoms with Crippen LogP contribution < -0.4 is 5.32 Å². The van der Waals surface area contributed by atoms with Crippen LogP contribution in [0.5, 0.6) is 0 Å². The molecule has 0 saturated heterocycles. The molecule has 0 aliphatic rings. The third kappa shape index (κ3) is 2.65. The maximum atomic E-state index is 11.4. The molecule has 0 amide bonds. The Balaban J connectivity index is 1.99. The van der Waals surface area contributed by atoms with E-state index >= 15 is 0 Å². The normalized spacial score (nSPS) is 11.1. The monoisotopic (exact) mass is 461 g/mol. The van der Waals surface area contributed by atoms with E-state index in [2.05, 4.69) is 47.1 Å². The Kier molecular flexibility index (Phi) is 3.89. The summed E-state index contributed by atoms with van der Waals surface area (Å²) in [5.74, 6) is 0.554. The molecule has 0 bridgehead atoms. The largest absolute Gasteiger partial charge is 0.337 e. The molecule has 4 rings (SSSR count). The summed E-state index contributed by atoms with van der Waals surface area (Å²) in [6.45, 7) is 0. The summed E-state index contributed by atoms with van der Waals surface area (Å²) in [6.07, 6.45) is 3.17. The predicted octanol–water partition coefficient (Wildman–Crippen LogP) is 5.06. The molecular weight excluding hydrogens is 454 g/mol. The topological polar surface area (TPSA) is 85.4 Å². The third-order valence-corrected chi connectivity index (χ3v) is 5.07. The minimum absolute atomic E-state index is 0.0124. The number of nitrogens with zero attached hydrogens (tertiary/aromatic N) is 4. The first-order valence-corrected chi connectivity index (χ1v) is 8.75. The molecule has 4 aromatic rings. The lowest BCUT2D eigenvalue weighted by Gasteiger charge is -2.12. The molecule has 0 aliphatic heterocycles. The highest BCUT2D eigenvalue weighted by Crippen LogP contribution is 2.35. The van der Waals surface area contributed by atoms with Crippen LogP contribution in [0.4, 0.5) is 17.2 Å². The van der Waals surface area contributed by atoms with E-state index in [1.54, 1.807) is 29.1 Å². The third-order valence-electron chi connectivity index (χ3n) is 3.75. The molecular formula is C16H9Br2N5O2. The quantitative estimate of drug-likeness (QED) is 0.339. The number of benzene rings is 2. The van der Waals surface area contributed by atoms with Gasteiger partial charge in [0.05, 0.1) is 22.3 Å². The Morgan fingerprint density at radius 1 is 1.12 bits per heavy atom. The van der Waals surface area contributed by atoms with E-state index in [1.807, 2.05) is 18.2 Å². The maximum Gasteiger partial charge on any atom is 0.295 e. The van der Waals surface area contributed by atoms with Crippen LogP contribution in [0.15, 0.2) is 57.9 Å². The SMILES string of the molecule is O=[N+]([O-])c1cccc2nc(Nc3c(Br)cccc3Br)c3cncn3c12. The van der Waals surface area contributed by atoms with Crippen molar-refractivity contribution in [2.45, 2.75) is 0 Å². The average Bonchev–Trinajstić information content (AvgIpc) is 3.07. The van der Waals surface area contributed by atoms with Crippen LogP contribution >= 0.6 is 31.9 Å². The fraction of sp³-hybridized carbons (Fsp3) is 0. The zero-order chi connectivity index (χ0) is 17.6. The Labute approximate surface area is 158 Å². The van der Waals surface area contributed by atoms with E-state index < -0.39 is 4.92 Å². The first-order chi connectivity index (χ1) is 12.1. The molecule has 0 spiro atoms. The minimum Gasteiger partial charge on any atom is -0.337 e. The van der Waals surface area contributed by atoms with Gasteiger partial charge >= 0.3 is 0 Å². The summed E-state index contributed by atoms with van der Waals surface area (Å²) in [6, 6.07) is 10.5. The number of rotatable bonds is 3. The molecule has 2 aromatic heterocycles. The van der Waals surface area contributed by atoms with E-state index in [1.165, 1.54) is 6.07 Å². The lowest BCUT2D eigenvalue weighted by Crippen LogP contribution is -2.02. The van der Waals surface area contributed by atoms with Gasteiger partial charge in [0.25, 0.3) is 5.69 Å². The van der Waals surface area contributed by atoms with Crippen LogP contribution in [-0.2, 0) is 0 Å². The van der Waals surface area contributed by atoms with Gasteiger partial charge in [-0.3, -0.25) is 14.5 Å². The average molecular weight is 463 g/mol. The fourth-order valence-electron chi connectivity index (χ4n) is 2.66. The van der Waals surface area contributed by atoms with Crippen LogP contribution in [0.2, 0.25) is 0 Å². The van der Waals surface area contributed by atoms with Crippen molar-refractivity contribution in [1.29, 1.82) is 0 Å². The van der Waals surface area contributed by atoms with E-state index in [4.69, 9.17) is 0 Å². The van der Waals surface area contributed by atoms with Gasteiger partial charge < -0.3 is 5.32 Å². The summed E-state index contributed by atoms with van der Waals surface area (Å²) in [5, 5.41) is 14.6. The number of non-ortho nitro benzene ring substituents is 1. The van der Waals surface area contributed by atoms with Crippen molar-refractivity contribution in [1.82, 2.24) is 14.4 Å². The number of hydrogen-bond acceptors (Lipinski definition) is 5. The molecule has 0 atom stereocenters. The van der Waals surface area contributed by atoms with Crippen LogP contribution in [0, 0.1) is 10.1 Å². The van der Waals surface area contributed by atoms with E-state index in [0.29, 0.717) is 22.4 Å². The summed E-state index contributed by atoms with van der Waals surface area (Å²) in [5.41, 5.74) is 2.36. The molecule has 0 fully saturated rings. The van der Waals surface area contributed by atoms with Crippen molar-refractivity contribution < 1.29 is 4.92 Å². The van der Waals surface area contributed by atoms with Crippen molar-refractivity contribution in [3.8, 4) is 0 Å². The number of para-hydroxylation sites is 2. The number of nitro benzene ring substituents is 1. The molecule has 124 valence electrons. The van der Waals surface area contributed by atoms with Gasteiger partial charge in [-0.2, -0.15) is 0 Å². The van der Waals surface area contributed by atoms with Crippen LogP contribution in [0.25, 0.3) is 16.6 Å². The molecule has 0 radical (unpaired) electrons. The lowest BCUT2D eigenvalue weighted by atomic mass is 10.2.